The number of benzene rings is 2. The van der Waals surface area contributed by atoms with E-state index in [0.29, 0.717) is 10.6 Å². The Bertz CT molecular complexity index is 1050. The van der Waals surface area contributed by atoms with Crippen LogP contribution in [0.4, 0.5) is 30.2 Å². The number of aryl methyl sites for hydroxylation is 2. The van der Waals surface area contributed by atoms with Crippen LogP contribution < -0.4 is 15.5 Å². The number of nitrogens with one attached hydrogen (secondary N) is 2. The first-order valence-corrected chi connectivity index (χ1v) is 10.3. The fourth-order valence-corrected chi connectivity index (χ4v) is 3.79. The molecule has 2 N–H and O–H groups in total. The van der Waals surface area contributed by atoms with E-state index in [1.165, 1.54) is 30.1 Å². The third-order valence-corrected chi connectivity index (χ3v) is 5.34. The fourth-order valence-electron chi connectivity index (χ4n) is 3.79. The molecule has 10 heteroatoms. The zero-order chi connectivity index (χ0) is 24.3. The van der Waals surface area contributed by atoms with Crippen LogP contribution in [0, 0.1) is 13.8 Å². The van der Waals surface area contributed by atoms with Gasteiger partial charge in [0.25, 0.3) is 0 Å². The Kier molecular flexibility index (Phi) is 7.06. The molecular formula is C23H25F3N4O3. The van der Waals surface area contributed by atoms with E-state index >= 15 is 0 Å². The Morgan fingerprint density at radius 2 is 1.73 bits per heavy atom. The first kappa shape index (κ1) is 24.2. The number of halogens is 3. The molecule has 0 aromatic heterocycles. The quantitative estimate of drug-likeness (QED) is 0.713. The summed E-state index contributed by atoms with van der Waals surface area (Å²) in [5.74, 6) is -2.10. The summed E-state index contributed by atoms with van der Waals surface area (Å²) in [4.78, 5) is 39.5. The molecular weight excluding hydrogens is 437 g/mol. The van der Waals surface area contributed by atoms with Crippen LogP contribution in [0.3, 0.4) is 0 Å². The minimum absolute atomic E-state index is 0.0379. The standard InChI is InChI=1S/C23H25F3N4O3/c1-14-7-6-8-15(2)22(14)28-20(32)12-29(3)13-21(33)30-17-10-5-4-9-16(17)27-19(31)11-18(30)23(24,25)26/h4-10,18H,11-13H2,1-3H3,(H,27,31)(H,28,32). The van der Waals surface area contributed by atoms with E-state index in [1.807, 2.05) is 32.0 Å². The maximum atomic E-state index is 13.8. The first-order valence-electron chi connectivity index (χ1n) is 10.3. The molecule has 3 rings (SSSR count). The number of hydrogen-bond acceptors (Lipinski definition) is 4. The van der Waals surface area contributed by atoms with Gasteiger partial charge in [0.15, 0.2) is 0 Å². The molecule has 0 radical (unpaired) electrons. The van der Waals surface area contributed by atoms with Crippen LogP contribution in [0.2, 0.25) is 0 Å². The number of nitrogens with zero attached hydrogens (tertiary/aromatic N) is 2. The molecule has 0 saturated carbocycles. The second kappa shape index (κ2) is 9.62. The van der Waals surface area contributed by atoms with Crippen molar-refractivity contribution in [2.75, 3.05) is 35.7 Å². The molecule has 3 amide bonds. The zero-order valence-electron chi connectivity index (χ0n) is 18.5. The van der Waals surface area contributed by atoms with Crippen molar-refractivity contribution in [3.05, 3.63) is 53.6 Å². The first-order chi connectivity index (χ1) is 15.5. The molecule has 0 spiro atoms. The van der Waals surface area contributed by atoms with Crippen molar-refractivity contribution >= 4 is 34.8 Å². The van der Waals surface area contributed by atoms with Crippen molar-refractivity contribution in [1.29, 1.82) is 0 Å². The number of para-hydroxylation sites is 3. The van der Waals surface area contributed by atoms with Gasteiger partial charge in [-0.15, -0.1) is 0 Å². The third-order valence-electron chi connectivity index (χ3n) is 5.34. The van der Waals surface area contributed by atoms with E-state index in [9.17, 15) is 27.6 Å². The van der Waals surface area contributed by atoms with E-state index < -0.39 is 42.9 Å². The average Bonchev–Trinajstić information content (AvgIpc) is 2.86. The number of likely N-dealkylation sites (N-methyl/N-ethyl adjacent to an activating group) is 1. The van der Waals surface area contributed by atoms with Gasteiger partial charge in [0.1, 0.15) is 6.04 Å². The van der Waals surface area contributed by atoms with Crippen molar-refractivity contribution in [2.24, 2.45) is 0 Å². The van der Waals surface area contributed by atoms with Gasteiger partial charge >= 0.3 is 6.18 Å². The minimum Gasteiger partial charge on any atom is -0.324 e. The molecule has 176 valence electrons. The average molecular weight is 462 g/mol. The maximum Gasteiger partial charge on any atom is 0.409 e. The Morgan fingerprint density at radius 3 is 2.36 bits per heavy atom. The molecule has 2 aromatic rings. The molecule has 0 fully saturated rings. The zero-order valence-corrected chi connectivity index (χ0v) is 18.5. The predicted molar refractivity (Wildman–Crippen MR) is 119 cm³/mol. The largest absolute Gasteiger partial charge is 0.409 e. The highest BCUT2D eigenvalue weighted by molar-refractivity contribution is 6.05. The van der Waals surface area contributed by atoms with Crippen LogP contribution in [0.25, 0.3) is 0 Å². The van der Waals surface area contributed by atoms with E-state index in [-0.39, 0.29) is 17.9 Å². The van der Waals surface area contributed by atoms with Gasteiger partial charge in [-0.25, -0.2) is 0 Å². The van der Waals surface area contributed by atoms with Crippen molar-refractivity contribution < 1.29 is 27.6 Å². The van der Waals surface area contributed by atoms with Gasteiger partial charge < -0.3 is 10.6 Å². The maximum absolute atomic E-state index is 13.8. The van der Waals surface area contributed by atoms with E-state index in [4.69, 9.17) is 0 Å². The third kappa shape index (κ3) is 5.70. The molecule has 7 nitrogen and oxygen atoms in total. The smallest absolute Gasteiger partial charge is 0.324 e. The van der Waals surface area contributed by atoms with Crippen LogP contribution in [-0.4, -0.2) is 55.0 Å². The summed E-state index contributed by atoms with van der Waals surface area (Å²) in [5, 5.41) is 5.21. The Labute approximate surface area is 189 Å². The second-order valence-corrected chi connectivity index (χ2v) is 8.08. The highest BCUT2D eigenvalue weighted by atomic mass is 19.4. The summed E-state index contributed by atoms with van der Waals surface area (Å²) >= 11 is 0. The lowest BCUT2D eigenvalue weighted by atomic mass is 10.1. The molecule has 1 unspecified atom stereocenters. The Balaban J connectivity index is 1.78. The number of fused-ring (bicyclic) bond motifs is 1. The summed E-state index contributed by atoms with van der Waals surface area (Å²) in [6, 6.07) is 9.08. The SMILES string of the molecule is Cc1cccc(C)c1NC(=O)CN(C)CC(=O)N1c2ccccc2NC(=O)CC1C(F)(F)F. The van der Waals surface area contributed by atoms with Crippen LogP contribution in [0.15, 0.2) is 42.5 Å². The molecule has 0 saturated heterocycles. The molecule has 1 aliphatic heterocycles. The second-order valence-electron chi connectivity index (χ2n) is 8.08. The lowest BCUT2D eigenvalue weighted by Crippen LogP contribution is -2.52. The Morgan fingerprint density at radius 1 is 1.09 bits per heavy atom. The lowest BCUT2D eigenvalue weighted by Gasteiger charge is -2.32. The van der Waals surface area contributed by atoms with Gasteiger partial charge in [-0.05, 0) is 44.2 Å². The van der Waals surface area contributed by atoms with E-state index in [2.05, 4.69) is 10.6 Å². The number of rotatable bonds is 5. The predicted octanol–water partition coefficient (Wildman–Crippen LogP) is 3.48. The molecule has 1 atom stereocenters. The minimum atomic E-state index is -4.82. The summed E-state index contributed by atoms with van der Waals surface area (Å²) < 4.78 is 41.4. The number of alkyl halides is 3. The van der Waals surface area contributed by atoms with Crippen LogP contribution in [0.1, 0.15) is 17.5 Å². The van der Waals surface area contributed by atoms with Gasteiger partial charge in [-0.3, -0.25) is 24.2 Å². The van der Waals surface area contributed by atoms with E-state index in [0.717, 1.165) is 11.1 Å². The van der Waals surface area contributed by atoms with Gasteiger partial charge in [0.2, 0.25) is 17.7 Å². The van der Waals surface area contributed by atoms with Crippen LogP contribution in [0.5, 0.6) is 0 Å². The van der Waals surface area contributed by atoms with Gasteiger partial charge in [0, 0.05) is 5.69 Å². The number of hydrogen-bond donors (Lipinski definition) is 2. The topological polar surface area (TPSA) is 81.8 Å². The Hall–Kier alpha value is -3.40. The summed E-state index contributed by atoms with van der Waals surface area (Å²) in [6.07, 6.45) is -5.73. The number of carbonyl (C=O) groups is 3. The van der Waals surface area contributed by atoms with Gasteiger partial charge in [0.05, 0.1) is 30.9 Å². The number of carbonyl (C=O) groups excluding carboxylic acids is 3. The summed E-state index contributed by atoms with van der Waals surface area (Å²) in [5.41, 5.74) is 2.48. The molecule has 33 heavy (non-hydrogen) atoms. The van der Waals surface area contributed by atoms with Gasteiger partial charge in [-0.2, -0.15) is 13.2 Å². The molecule has 1 heterocycles. The number of amides is 3. The highest BCUT2D eigenvalue weighted by Crippen LogP contribution is 2.37. The molecule has 1 aliphatic rings. The normalized spacial score (nSPS) is 16.2. The van der Waals surface area contributed by atoms with Crippen LogP contribution in [-0.2, 0) is 14.4 Å². The molecule has 2 aromatic carbocycles. The monoisotopic (exact) mass is 462 g/mol. The van der Waals surface area contributed by atoms with Crippen molar-refractivity contribution in [1.82, 2.24) is 4.90 Å². The highest BCUT2D eigenvalue weighted by Gasteiger charge is 2.49. The summed E-state index contributed by atoms with van der Waals surface area (Å²) in [6.45, 7) is 3.04. The lowest BCUT2D eigenvalue weighted by molar-refractivity contribution is -0.158. The van der Waals surface area contributed by atoms with E-state index in [1.54, 1.807) is 6.07 Å². The van der Waals surface area contributed by atoms with Crippen molar-refractivity contribution in [3.63, 3.8) is 0 Å². The van der Waals surface area contributed by atoms with Gasteiger partial charge in [-0.1, -0.05) is 30.3 Å². The number of anilines is 3. The summed E-state index contributed by atoms with van der Waals surface area (Å²) in [7, 11) is 1.47. The fraction of sp³-hybridized carbons (Fsp3) is 0.348. The molecule has 0 bridgehead atoms. The van der Waals surface area contributed by atoms with Crippen molar-refractivity contribution in [3.8, 4) is 0 Å². The van der Waals surface area contributed by atoms with Crippen LogP contribution >= 0.6 is 0 Å². The molecule has 0 aliphatic carbocycles. The van der Waals surface area contributed by atoms with Crippen molar-refractivity contribution in [2.45, 2.75) is 32.5 Å².